The lowest BCUT2D eigenvalue weighted by Gasteiger charge is -2.56. The first-order chi connectivity index (χ1) is 7.26. The van der Waals surface area contributed by atoms with Crippen LogP contribution in [-0.4, -0.2) is 18.0 Å². The van der Waals surface area contributed by atoms with Crippen molar-refractivity contribution in [1.82, 2.24) is 4.90 Å². The number of hydrogen-bond acceptors (Lipinski definition) is 1. The van der Waals surface area contributed by atoms with Gasteiger partial charge in [-0.05, 0) is 36.0 Å². The van der Waals surface area contributed by atoms with E-state index in [1.54, 1.807) is 12.1 Å². The largest absolute Gasteiger partial charge is 0.298 e. The highest BCUT2D eigenvalue weighted by molar-refractivity contribution is 5.17. The van der Waals surface area contributed by atoms with Crippen LogP contribution in [0, 0.1) is 11.2 Å². The molecule has 1 saturated heterocycles. The summed E-state index contributed by atoms with van der Waals surface area (Å²) in [5.74, 6) is -0.141. The van der Waals surface area contributed by atoms with E-state index < -0.39 is 0 Å². The van der Waals surface area contributed by atoms with E-state index in [0.717, 1.165) is 6.54 Å². The molecule has 0 bridgehead atoms. The highest BCUT2D eigenvalue weighted by Crippen LogP contribution is 2.48. The number of nitrogens with zero attached hydrogens (tertiary/aromatic N) is 1. The summed E-state index contributed by atoms with van der Waals surface area (Å²) in [6.45, 7) is 3.50. The lowest BCUT2D eigenvalue weighted by molar-refractivity contribution is -0.0645. The second-order valence-corrected chi connectivity index (χ2v) is 5.13. The van der Waals surface area contributed by atoms with E-state index in [-0.39, 0.29) is 5.82 Å². The third kappa shape index (κ3) is 1.67. The van der Waals surface area contributed by atoms with Crippen molar-refractivity contribution in [3.05, 3.63) is 35.6 Å². The molecule has 1 heterocycles. The van der Waals surface area contributed by atoms with E-state index in [1.807, 2.05) is 12.1 Å². The van der Waals surface area contributed by atoms with Gasteiger partial charge in [-0.15, -0.1) is 0 Å². The fraction of sp³-hybridized carbons (Fsp3) is 0.538. The predicted octanol–water partition coefficient (Wildman–Crippen LogP) is 2.81. The van der Waals surface area contributed by atoms with Crippen molar-refractivity contribution in [3.8, 4) is 0 Å². The summed E-state index contributed by atoms with van der Waals surface area (Å²) in [4.78, 5) is 2.46. The van der Waals surface area contributed by atoms with Crippen LogP contribution in [0.2, 0.25) is 0 Å². The smallest absolute Gasteiger partial charge is 0.123 e. The average molecular weight is 205 g/mol. The van der Waals surface area contributed by atoms with Crippen LogP contribution in [0.3, 0.4) is 0 Å². The zero-order chi connectivity index (χ0) is 10.3. The van der Waals surface area contributed by atoms with Crippen molar-refractivity contribution >= 4 is 0 Å². The first-order valence-corrected chi connectivity index (χ1v) is 5.73. The van der Waals surface area contributed by atoms with Crippen LogP contribution >= 0.6 is 0 Å². The van der Waals surface area contributed by atoms with Crippen LogP contribution in [0.4, 0.5) is 4.39 Å². The Hall–Kier alpha value is -0.890. The van der Waals surface area contributed by atoms with Gasteiger partial charge in [-0.1, -0.05) is 18.6 Å². The minimum absolute atomic E-state index is 0.141. The van der Waals surface area contributed by atoms with E-state index in [0.29, 0.717) is 5.41 Å². The van der Waals surface area contributed by atoms with Gasteiger partial charge in [0, 0.05) is 19.6 Å². The van der Waals surface area contributed by atoms with E-state index in [2.05, 4.69) is 4.90 Å². The van der Waals surface area contributed by atoms with Gasteiger partial charge in [-0.3, -0.25) is 4.90 Å². The fourth-order valence-corrected chi connectivity index (χ4v) is 2.86. The first kappa shape index (κ1) is 9.34. The van der Waals surface area contributed by atoms with E-state index in [9.17, 15) is 4.39 Å². The molecule has 0 unspecified atom stereocenters. The SMILES string of the molecule is Fc1ccc(CN2CC3(CCC3)C2)cc1. The summed E-state index contributed by atoms with van der Waals surface area (Å²) < 4.78 is 12.7. The van der Waals surface area contributed by atoms with E-state index in [1.165, 1.54) is 37.9 Å². The Morgan fingerprint density at radius 3 is 2.33 bits per heavy atom. The van der Waals surface area contributed by atoms with Crippen molar-refractivity contribution in [2.45, 2.75) is 25.8 Å². The highest BCUT2D eigenvalue weighted by Gasteiger charge is 2.46. The number of likely N-dealkylation sites (tertiary alicyclic amines) is 1. The van der Waals surface area contributed by atoms with Gasteiger partial charge in [-0.25, -0.2) is 4.39 Å². The molecule has 2 fully saturated rings. The van der Waals surface area contributed by atoms with Gasteiger partial charge >= 0.3 is 0 Å². The second kappa shape index (κ2) is 3.31. The molecule has 0 aromatic heterocycles. The van der Waals surface area contributed by atoms with Crippen molar-refractivity contribution in [2.75, 3.05) is 13.1 Å². The van der Waals surface area contributed by atoms with E-state index in [4.69, 9.17) is 0 Å². The van der Waals surface area contributed by atoms with Gasteiger partial charge in [0.05, 0.1) is 0 Å². The molecule has 15 heavy (non-hydrogen) atoms. The van der Waals surface area contributed by atoms with E-state index >= 15 is 0 Å². The maximum atomic E-state index is 12.7. The molecule has 80 valence electrons. The first-order valence-electron chi connectivity index (χ1n) is 5.73. The predicted molar refractivity (Wildman–Crippen MR) is 58.0 cm³/mol. The Morgan fingerprint density at radius 2 is 1.80 bits per heavy atom. The van der Waals surface area contributed by atoms with Crippen LogP contribution < -0.4 is 0 Å². The molecule has 0 N–H and O–H groups in total. The standard InChI is InChI=1S/C13H16FN/c14-12-4-2-11(3-5-12)8-15-9-13(10-15)6-1-7-13/h2-5H,1,6-10H2. The lowest BCUT2D eigenvalue weighted by atomic mass is 9.63. The molecule has 2 heteroatoms. The summed E-state index contributed by atoms with van der Waals surface area (Å²) in [5, 5.41) is 0. The van der Waals surface area contributed by atoms with Gasteiger partial charge < -0.3 is 0 Å². The summed E-state index contributed by atoms with van der Waals surface area (Å²) >= 11 is 0. The topological polar surface area (TPSA) is 3.24 Å². The summed E-state index contributed by atoms with van der Waals surface area (Å²) in [5.41, 5.74) is 1.92. The molecule has 3 rings (SSSR count). The quantitative estimate of drug-likeness (QED) is 0.717. The lowest BCUT2D eigenvalue weighted by Crippen LogP contribution is -2.58. The van der Waals surface area contributed by atoms with Gasteiger partial charge in [0.25, 0.3) is 0 Å². The Bertz CT molecular complexity index is 345. The summed E-state index contributed by atoms with van der Waals surface area (Å²) in [6.07, 6.45) is 4.27. The number of benzene rings is 1. The Kier molecular flexibility index (Phi) is 2.06. The van der Waals surface area contributed by atoms with Crippen LogP contribution in [0.15, 0.2) is 24.3 Å². The fourth-order valence-electron chi connectivity index (χ4n) is 2.86. The van der Waals surface area contributed by atoms with Gasteiger partial charge in [0.15, 0.2) is 0 Å². The highest BCUT2D eigenvalue weighted by atomic mass is 19.1. The molecule has 1 aromatic rings. The molecular formula is C13H16FN. The van der Waals surface area contributed by atoms with Gasteiger partial charge in [0.2, 0.25) is 0 Å². The third-order valence-corrected chi connectivity index (χ3v) is 3.85. The number of halogens is 1. The maximum Gasteiger partial charge on any atom is 0.123 e. The number of hydrogen-bond donors (Lipinski definition) is 0. The summed E-state index contributed by atoms with van der Waals surface area (Å²) in [7, 11) is 0. The zero-order valence-electron chi connectivity index (χ0n) is 8.88. The molecule has 1 aliphatic heterocycles. The molecule has 0 radical (unpaired) electrons. The molecule has 1 spiro atoms. The molecule has 1 aromatic carbocycles. The summed E-state index contributed by atoms with van der Waals surface area (Å²) in [6, 6.07) is 6.88. The molecule has 1 aliphatic carbocycles. The molecule has 0 amide bonds. The minimum atomic E-state index is -0.141. The second-order valence-electron chi connectivity index (χ2n) is 5.13. The monoisotopic (exact) mass is 205 g/mol. The van der Waals surface area contributed by atoms with Crippen LogP contribution in [0.1, 0.15) is 24.8 Å². The molecule has 1 nitrogen and oxygen atoms in total. The van der Waals surface area contributed by atoms with Crippen LogP contribution in [0.25, 0.3) is 0 Å². The normalized spacial score (nSPS) is 23.5. The third-order valence-electron chi connectivity index (χ3n) is 3.85. The molecule has 2 aliphatic rings. The Balaban J connectivity index is 1.56. The number of rotatable bonds is 2. The molecule has 0 atom stereocenters. The van der Waals surface area contributed by atoms with Crippen molar-refractivity contribution in [1.29, 1.82) is 0 Å². The Labute approximate surface area is 89.9 Å². The zero-order valence-corrected chi connectivity index (χ0v) is 8.88. The Morgan fingerprint density at radius 1 is 1.13 bits per heavy atom. The maximum absolute atomic E-state index is 12.7. The van der Waals surface area contributed by atoms with Crippen molar-refractivity contribution in [3.63, 3.8) is 0 Å². The molecular weight excluding hydrogens is 189 g/mol. The van der Waals surface area contributed by atoms with Crippen LogP contribution in [0.5, 0.6) is 0 Å². The average Bonchev–Trinajstić information content (AvgIpc) is 2.10. The van der Waals surface area contributed by atoms with Crippen molar-refractivity contribution in [2.24, 2.45) is 5.41 Å². The van der Waals surface area contributed by atoms with Crippen molar-refractivity contribution < 1.29 is 4.39 Å². The van der Waals surface area contributed by atoms with Crippen LogP contribution in [-0.2, 0) is 6.54 Å². The van der Waals surface area contributed by atoms with Gasteiger partial charge in [0.1, 0.15) is 5.82 Å². The minimum Gasteiger partial charge on any atom is -0.298 e. The molecule has 1 saturated carbocycles. The van der Waals surface area contributed by atoms with Gasteiger partial charge in [-0.2, -0.15) is 0 Å².